The van der Waals surface area contributed by atoms with Crippen LogP contribution in [0.2, 0.25) is 0 Å². The van der Waals surface area contributed by atoms with Crippen LogP contribution in [0.4, 0.5) is 0 Å². The second-order valence-corrected chi connectivity index (χ2v) is 4.02. The van der Waals surface area contributed by atoms with E-state index >= 15 is 0 Å². The van der Waals surface area contributed by atoms with Crippen molar-refractivity contribution >= 4 is 17.5 Å². The maximum Gasteiger partial charge on any atom is 0.326 e. The summed E-state index contributed by atoms with van der Waals surface area (Å²) in [4.78, 5) is 28.2. The van der Waals surface area contributed by atoms with E-state index in [1.807, 2.05) is 12.1 Å². The molecule has 18 heavy (non-hydrogen) atoms. The maximum atomic E-state index is 12.0. The molecule has 6 heteroatoms. The number of nitrogens with zero attached hydrogens (tertiary/aromatic N) is 3. The summed E-state index contributed by atoms with van der Waals surface area (Å²) in [5.41, 5.74) is 0.883. The first-order chi connectivity index (χ1) is 8.50. The molecule has 2 aromatic heterocycles. The smallest absolute Gasteiger partial charge is 0.326 e. The molecule has 0 aromatic carbocycles. The van der Waals surface area contributed by atoms with Gasteiger partial charge in [0.05, 0.1) is 0 Å². The second-order valence-electron chi connectivity index (χ2n) is 4.02. The lowest BCUT2D eigenvalue weighted by Crippen LogP contribution is -2.40. The normalized spacial score (nSPS) is 12.3. The third-order valence-electron chi connectivity index (χ3n) is 2.84. The summed E-state index contributed by atoms with van der Waals surface area (Å²) in [5, 5.41) is 8.87. The molecule has 0 aliphatic heterocycles. The molecule has 0 aliphatic rings. The minimum Gasteiger partial charge on any atom is -0.480 e. The Morgan fingerprint density at radius 2 is 2.17 bits per heavy atom. The van der Waals surface area contributed by atoms with Gasteiger partial charge in [-0.15, -0.1) is 0 Å². The number of carbonyl (C=O) groups excluding carboxylic acids is 1. The Kier molecular flexibility index (Phi) is 3.01. The highest BCUT2D eigenvalue weighted by atomic mass is 16.4. The van der Waals surface area contributed by atoms with E-state index in [2.05, 4.69) is 4.98 Å². The lowest BCUT2D eigenvalue weighted by atomic mass is 10.3. The molecular formula is C12H13N3O3. The van der Waals surface area contributed by atoms with E-state index in [9.17, 15) is 9.59 Å². The number of fused-ring (bicyclic) bond motifs is 1. The molecule has 1 atom stereocenters. The predicted molar refractivity (Wildman–Crippen MR) is 64.4 cm³/mol. The van der Waals surface area contributed by atoms with Gasteiger partial charge in [-0.25, -0.2) is 9.78 Å². The molecule has 0 saturated heterocycles. The van der Waals surface area contributed by atoms with Gasteiger partial charge in [-0.3, -0.25) is 4.79 Å². The Morgan fingerprint density at radius 3 is 2.78 bits per heavy atom. The summed E-state index contributed by atoms with van der Waals surface area (Å²) in [6, 6.07) is 4.53. The number of hydrogen-bond acceptors (Lipinski definition) is 3. The molecule has 0 bridgehead atoms. The van der Waals surface area contributed by atoms with Crippen LogP contribution in [0, 0.1) is 0 Å². The van der Waals surface area contributed by atoms with Gasteiger partial charge >= 0.3 is 5.97 Å². The van der Waals surface area contributed by atoms with E-state index in [1.54, 1.807) is 22.9 Å². The Balaban J connectivity index is 2.31. The van der Waals surface area contributed by atoms with Gasteiger partial charge in [-0.2, -0.15) is 0 Å². The van der Waals surface area contributed by atoms with Crippen LogP contribution in [0.3, 0.4) is 0 Å². The zero-order chi connectivity index (χ0) is 13.3. The molecule has 6 nitrogen and oxygen atoms in total. The standard InChI is InChI=1S/C12H13N3O3/c1-8(12(17)18)14(2)11(16)9-7-15-6-4-3-5-10(15)13-9/h3-8H,1-2H3,(H,17,18). The van der Waals surface area contributed by atoms with Gasteiger partial charge < -0.3 is 14.4 Å². The van der Waals surface area contributed by atoms with Crippen LogP contribution in [0.15, 0.2) is 30.6 Å². The van der Waals surface area contributed by atoms with Gasteiger partial charge in [0.2, 0.25) is 0 Å². The third kappa shape index (κ3) is 2.04. The van der Waals surface area contributed by atoms with Gasteiger partial charge in [0, 0.05) is 19.4 Å². The van der Waals surface area contributed by atoms with Crippen LogP contribution in [0.25, 0.3) is 5.65 Å². The highest BCUT2D eigenvalue weighted by molar-refractivity contribution is 5.95. The Labute approximate surface area is 103 Å². The van der Waals surface area contributed by atoms with Gasteiger partial charge in [-0.1, -0.05) is 6.07 Å². The van der Waals surface area contributed by atoms with Crippen LogP contribution in [0.1, 0.15) is 17.4 Å². The predicted octanol–water partition coefficient (Wildman–Crippen LogP) is 0.879. The third-order valence-corrected chi connectivity index (χ3v) is 2.84. The molecule has 0 aliphatic carbocycles. The monoisotopic (exact) mass is 247 g/mol. The van der Waals surface area contributed by atoms with Gasteiger partial charge in [0.25, 0.3) is 5.91 Å². The lowest BCUT2D eigenvalue weighted by molar-refractivity contribution is -0.141. The number of rotatable bonds is 3. The van der Waals surface area contributed by atoms with Crippen molar-refractivity contribution in [2.24, 2.45) is 0 Å². The first kappa shape index (κ1) is 12.1. The summed E-state index contributed by atoms with van der Waals surface area (Å²) in [6.45, 7) is 1.45. The number of aliphatic carboxylic acids is 1. The average Bonchev–Trinajstić information content (AvgIpc) is 2.79. The van der Waals surface area contributed by atoms with Crippen LogP contribution >= 0.6 is 0 Å². The van der Waals surface area contributed by atoms with Crippen LogP contribution < -0.4 is 0 Å². The van der Waals surface area contributed by atoms with E-state index < -0.39 is 17.9 Å². The average molecular weight is 247 g/mol. The van der Waals surface area contributed by atoms with Crippen molar-refractivity contribution in [1.82, 2.24) is 14.3 Å². The molecule has 1 unspecified atom stereocenters. The van der Waals surface area contributed by atoms with E-state index in [0.29, 0.717) is 5.65 Å². The van der Waals surface area contributed by atoms with Crippen LogP contribution in [-0.4, -0.2) is 44.4 Å². The number of amides is 1. The highest BCUT2D eigenvalue weighted by Gasteiger charge is 2.24. The zero-order valence-corrected chi connectivity index (χ0v) is 10.1. The number of likely N-dealkylation sites (N-methyl/N-ethyl adjacent to an activating group) is 1. The second kappa shape index (κ2) is 4.48. The largest absolute Gasteiger partial charge is 0.480 e. The molecule has 2 heterocycles. The first-order valence-electron chi connectivity index (χ1n) is 5.44. The van der Waals surface area contributed by atoms with Crippen molar-refractivity contribution in [2.75, 3.05) is 7.05 Å². The van der Waals surface area contributed by atoms with Crippen molar-refractivity contribution in [1.29, 1.82) is 0 Å². The SMILES string of the molecule is CC(C(=O)O)N(C)C(=O)c1cn2ccccc2n1. The summed E-state index contributed by atoms with van der Waals surface area (Å²) in [5.74, 6) is -1.46. The molecule has 1 amide bonds. The van der Waals surface area contributed by atoms with Gasteiger partial charge in [0.15, 0.2) is 0 Å². The Bertz CT molecular complexity index is 572. The molecule has 0 spiro atoms. The minimum atomic E-state index is -1.05. The number of carboxylic acid groups (broad SMARTS) is 1. The Morgan fingerprint density at radius 1 is 1.44 bits per heavy atom. The number of aromatic nitrogens is 2. The number of carbonyl (C=O) groups is 2. The van der Waals surface area contributed by atoms with Crippen molar-refractivity contribution in [3.63, 3.8) is 0 Å². The van der Waals surface area contributed by atoms with E-state index in [4.69, 9.17) is 5.11 Å². The number of carboxylic acids is 1. The molecule has 2 aromatic rings. The summed E-state index contributed by atoms with van der Waals surface area (Å²) >= 11 is 0. The minimum absolute atomic E-state index is 0.233. The topological polar surface area (TPSA) is 74.9 Å². The fraction of sp³-hybridized carbons (Fsp3) is 0.250. The number of hydrogen-bond donors (Lipinski definition) is 1. The Hall–Kier alpha value is -2.37. The molecule has 0 radical (unpaired) electrons. The molecule has 1 N–H and O–H groups in total. The molecule has 0 fully saturated rings. The summed E-state index contributed by atoms with van der Waals surface area (Å²) in [7, 11) is 1.45. The molecular weight excluding hydrogens is 234 g/mol. The lowest BCUT2D eigenvalue weighted by Gasteiger charge is -2.20. The first-order valence-corrected chi connectivity index (χ1v) is 5.44. The highest BCUT2D eigenvalue weighted by Crippen LogP contribution is 2.08. The van der Waals surface area contributed by atoms with Gasteiger partial charge in [0.1, 0.15) is 17.4 Å². The number of imidazole rings is 1. The van der Waals surface area contributed by atoms with Gasteiger partial charge in [-0.05, 0) is 19.1 Å². The van der Waals surface area contributed by atoms with Crippen molar-refractivity contribution in [2.45, 2.75) is 13.0 Å². The van der Waals surface area contributed by atoms with Crippen molar-refractivity contribution in [3.05, 3.63) is 36.3 Å². The van der Waals surface area contributed by atoms with Crippen molar-refractivity contribution in [3.8, 4) is 0 Å². The van der Waals surface area contributed by atoms with Crippen molar-refractivity contribution < 1.29 is 14.7 Å². The quantitative estimate of drug-likeness (QED) is 0.873. The van der Waals surface area contributed by atoms with Crippen LogP contribution in [-0.2, 0) is 4.79 Å². The van der Waals surface area contributed by atoms with E-state index in [1.165, 1.54) is 14.0 Å². The fourth-order valence-electron chi connectivity index (χ4n) is 1.56. The molecule has 0 saturated carbocycles. The molecule has 2 rings (SSSR count). The molecule has 94 valence electrons. The summed E-state index contributed by atoms with van der Waals surface area (Å²) in [6.07, 6.45) is 3.36. The van der Waals surface area contributed by atoms with E-state index in [-0.39, 0.29) is 5.69 Å². The number of pyridine rings is 1. The maximum absolute atomic E-state index is 12.0. The summed E-state index contributed by atoms with van der Waals surface area (Å²) < 4.78 is 1.71. The fourth-order valence-corrected chi connectivity index (χ4v) is 1.56. The van der Waals surface area contributed by atoms with E-state index in [0.717, 1.165) is 4.90 Å². The zero-order valence-electron chi connectivity index (χ0n) is 10.1. The van der Waals surface area contributed by atoms with Crippen LogP contribution in [0.5, 0.6) is 0 Å².